The van der Waals surface area contributed by atoms with Gasteiger partial charge in [-0.05, 0) is 36.4 Å². The lowest BCUT2D eigenvalue weighted by Crippen LogP contribution is -2.24. The molecule has 0 atom stereocenters. The maximum Gasteiger partial charge on any atom is 0.193 e. The first-order valence-corrected chi connectivity index (χ1v) is 9.49. The fourth-order valence-electron chi connectivity index (χ4n) is 2.59. The molecule has 0 spiro atoms. The van der Waals surface area contributed by atoms with E-state index >= 15 is 0 Å². The summed E-state index contributed by atoms with van der Waals surface area (Å²) in [6.07, 6.45) is 4.19. The van der Waals surface area contributed by atoms with E-state index in [1.807, 2.05) is 0 Å². The van der Waals surface area contributed by atoms with E-state index in [1.54, 1.807) is 18.2 Å². The van der Waals surface area contributed by atoms with Crippen LogP contribution in [-0.4, -0.2) is 15.5 Å². The molecule has 0 bridgehead atoms. The molecule has 1 heterocycles. The zero-order valence-corrected chi connectivity index (χ0v) is 16.3. The molecule has 0 unspecified atom stereocenters. The Labute approximate surface area is 175 Å². The molecule has 0 aliphatic rings. The molecule has 0 amide bonds. The average Bonchev–Trinajstić information content (AvgIpc) is 2.74. The predicted octanol–water partition coefficient (Wildman–Crippen LogP) is 5.16. The SMILES string of the molecule is NC(=NCc1ncccc1F)Nc1c(SO)ccc(F)c1/C=C/c1ccccc1F. The highest BCUT2D eigenvalue weighted by atomic mass is 32.2. The fourth-order valence-corrected chi connectivity index (χ4v) is 2.97. The molecule has 0 saturated heterocycles. The van der Waals surface area contributed by atoms with Crippen LogP contribution in [0, 0.1) is 17.5 Å². The Hall–Kier alpha value is -3.30. The summed E-state index contributed by atoms with van der Waals surface area (Å²) in [7, 11) is 0. The lowest BCUT2D eigenvalue weighted by molar-refractivity contribution is 0.600. The van der Waals surface area contributed by atoms with Crippen LogP contribution in [0.1, 0.15) is 16.8 Å². The number of hydrogen-bond acceptors (Lipinski definition) is 4. The van der Waals surface area contributed by atoms with Gasteiger partial charge in [-0.3, -0.25) is 4.98 Å². The molecule has 154 valence electrons. The Morgan fingerprint density at radius 2 is 1.80 bits per heavy atom. The Balaban J connectivity index is 1.91. The monoisotopic (exact) mass is 430 g/mol. The summed E-state index contributed by atoms with van der Waals surface area (Å²) >= 11 is 0.382. The minimum Gasteiger partial charge on any atom is -0.370 e. The van der Waals surface area contributed by atoms with E-state index in [9.17, 15) is 17.7 Å². The van der Waals surface area contributed by atoms with Gasteiger partial charge in [-0.1, -0.05) is 24.3 Å². The fraction of sp³-hybridized carbons (Fsp3) is 0.0476. The van der Waals surface area contributed by atoms with Gasteiger partial charge in [0, 0.05) is 29.4 Å². The first-order chi connectivity index (χ1) is 14.5. The highest BCUT2D eigenvalue weighted by Gasteiger charge is 2.14. The highest BCUT2D eigenvalue weighted by molar-refractivity contribution is 7.94. The number of guanidine groups is 1. The summed E-state index contributed by atoms with van der Waals surface area (Å²) in [4.78, 5) is 8.16. The van der Waals surface area contributed by atoms with Crippen molar-refractivity contribution in [1.29, 1.82) is 0 Å². The number of aliphatic imine (C=N–C) groups is 1. The molecule has 3 aromatic rings. The number of rotatable bonds is 6. The smallest absolute Gasteiger partial charge is 0.193 e. The van der Waals surface area contributed by atoms with Crippen LogP contribution in [0.4, 0.5) is 18.9 Å². The van der Waals surface area contributed by atoms with E-state index in [0.717, 1.165) is 0 Å². The number of anilines is 1. The maximum atomic E-state index is 14.5. The minimum atomic E-state index is -0.619. The average molecular weight is 430 g/mol. The molecule has 4 N–H and O–H groups in total. The molecule has 0 radical (unpaired) electrons. The van der Waals surface area contributed by atoms with Crippen LogP contribution in [0.3, 0.4) is 0 Å². The number of benzene rings is 2. The number of hydrogen-bond donors (Lipinski definition) is 3. The molecular weight excluding hydrogens is 413 g/mol. The Morgan fingerprint density at radius 3 is 2.53 bits per heavy atom. The van der Waals surface area contributed by atoms with Crippen LogP contribution in [0.2, 0.25) is 0 Å². The second kappa shape index (κ2) is 9.95. The van der Waals surface area contributed by atoms with Crippen LogP contribution >= 0.6 is 12.0 Å². The zero-order valence-electron chi connectivity index (χ0n) is 15.5. The second-order valence-corrected chi connectivity index (χ2v) is 6.66. The second-order valence-electron chi connectivity index (χ2n) is 6.04. The lowest BCUT2D eigenvalue weighted by Gasteiger charge is -2.13. The maximum absolute atomic E-state index is 14.5. The molecule has 1 aromatic heterocycles. The van der Waals surface area contributed by atoms with Crippen molar-refractivity contribution in [2.45, 2.75) is 11.4 Å². The van der Waals surface area contributed by atoms with Crippen molar-refractivity contribution in [2.24, 2.45) is 10.7 Å². The molecule has 2 aromatic carbocycles. The van der Waals surface area contributed by atoms with E-state index in [2.05, 4.69) is 15.3 Å². The largest absolute Gasteiger partial charge is 0.370 e. The molecule has 9 heteroatoms. The third-order valence-electron chi connectivity index (χ3n) is 4.07. The van der Waals surface area contributed by atoms with E-state index in [-0.39, 0.29) is 39.9 Å². The van der Waals surface area contributed by atoms with Crippen molar-refractivity contribution in [3.8, 4) is 0 Å². The number of nitrogens with one attached hydrogen (secondary N) is 1. The summed E-state index contributed by atoms with van der Waals surface area (Å²) in [6, 6.07) is 11.3. The van der Waals surface area contributed by atoms with Gasteiger partial charge in [0.05, 0.1) is 22.8 Å². The van der Waals surface area contributed by atoms with E-state index in [0.29, 0.717) is 12.0 Å². The van der Waals surface area contributed by atoms with Crippen LogP contribution in [0.25, 0.3) is 12.2 Å². The van der Waals surface area contributed by atoms with Gasteiger partial charge in [0.15, 0.2) is 5.96 Å². The Morgan fingerprint density at radius 1 is 1.03 bits per heavy atom. The van der Waals surface area contributed by atoms with Gasteiger partial charge in [-0.2, -0.15) is 0 Å². The molecule has 5 nitrogen and oxygen atoms in total. The van der Waals surface area contributed by atoms with Crippen molar-refractivity contribution in [3.63, 3.8) is 0 Å². The van der Waals surface area contributed by atoms with Gasteiger partial charge in [-0.25, -0.2) is 18.2 Å². The van der Waals surface area contributed by atoms with Gasteiger partial charge in [-0.15, -0.1) is 0 Å². The summed E-state index contributed by atoms with van der Waals surface area (Å²) in [5.41, 5.74) is 6.40. The van der Waals surface area contributed by atoms with Gasteiger partial charge >= 0.3 is 0 Å². The molecule has 0 aliphatic heterocycles. The van der Waals surface area contributed by atoms with Crippen molar-refractivity contribution >= 4 is 35.8 Å². The predicted molar refractivity (Wildman–Crippen MR) is 113 cm³/mol. The first-order valence-electron chi connectivity index (χ1n) is 8.72. The van der Waals surface area contributed by atoms with E-state index in [1.165, 1.54) is 48.7 Å². The van der Waals surface area contributed by atoms with Crippen LogP contribution in [0.5, 0.6) is 0 Å². The molecule has 0 saturated carbocycles. The minimum absolute atomic E-state index is 0.0412. The summed E-state index contributed by atoms with van der Waals surface area (Å²) in [6.45, 7) is -0.136. The van der Waals surface area contributed by atoms with Crippen molar-refractivity contribution in [1.82, 2.24) is 4.98 Å². The van der Waals surface area contributed by atoms with Gasteiger partial charge in [0.25, 0.3) is 0 Å². The number of pyridine rings is 1. The molecule has 0 fully saturated rings. The quantitative estimate of drug-likeness (QED) is 0.218. The Bertz CT molecular complexity index is 1110. The highest BCUT2D eigenvalue weighted by Crippen LogP contribution is 2.32. The standard InChI is InChI=1S/C21H17F3N4OS/c22-15-5-2-1-4-13(15)7-8-14-16(23)9-10-19(30-29)20(14)28-21(25)27-12-18-17(24)6-3-11-26-18/h1-11,29H,12H2,(H3,25,27,28)/b8-7+. The lowest BCUT2D eigenvalue weighted by atomic mass is 10.1. The molecule has 3 rings (SSSR count). The first kappa shape index (κ1) is 21.4. The number of nitrogens with zero attached hydrogens (tertiary/aromatic N) is 2. The molecule has 30 heavy (non-hydrogen) atoms. The third kappa shape index (κ3) is 5.19. The van der Waals surface area contributed by atoms with Gasteiger partial charge in [0.2, 0.25) is 0 Å². The van der Waals surface area contributed by atoms with Crippen molar-refractivity contribution in [3.05, 3.63) is 89.0 Å². The van der Waals surface area contributed by atoms with Crippen LogP contribution in [-0.2, 0) is 6.54 Å². The summed E-state index contributed by atoms with van der Waals surface area (Å²) < 4.78 is 51.6. The van der Waals surface area contributed by atoms with Crippen molar-refractivity contribution < 1.29 is 17.7 Å². The number of nitrogens with two attached hydrogens (primary N) is 1. The van der Waals surface area contributed by atoms with Gasteiger partial charge < -0.3 is 15.6 Å². The Kier molecular flexibility index (Phi) is 7.10. The molecule has 0 aliphatic carbocycles. The number of aromatic nitrogens is 1. The summed E-state index contributed by atoms with van der Waals surface area (Å²) in [5, 5.41) is 2.72. The van der Waals surface area contributed by atoms with Gasteiger partial charge in [0.1, 0.15) is 17.5 Å². The van der Waals surface area contributed by atoms with E-state index < -0.39 is 17.5 Å². The topological polar surface area (TPSA) is 83.5 Å². The third-order valence-corrected chi connectivity index (χ3v) is 4.61. The zero-order chi connectivity index (χ0) is 21.5. The van der Waals surface area contributed by atoms with Crippen LogP contribution in [0.15, 0.2) is 64.6 Å². The van der Waals surface area contributed by atoms with E-state index in [4.69, 9.17) is 5.73 Å². The normalized spacial score (nSPS) is 11.8. The summed E-state index contributed by atoms with van der Waals surface area (Å²) in [5.74, 6) is -1.75. The number of halogens is 3. The van der Waals surface area contributed by atoms with Crippen LogP contribution < -0.4 is 11.1 Å². The molecular formula is C21H17F3N4OS. The van der Waals surface area contributed by atoms with Crippen molar-refractivity contribution in [2.75, 3.05) is 5.32 Å².